The molecule has 0 saturated carbocycles. The first kappa shape index (κ1) is 22.1. The zero-order valence-electron chi connectivity index (χ0n) is 17.4. The lowest BCUT2D eigenvalue weighted by Gasteiger charge is -2.17. The summed E-state index contributed by atoms with van der Waals surface area (Å²) < 4.78 is 31.6. The highest BCUT2D eigenvalue weighted by atomic mass is 32.2. The van der Waals surface area contributed by atoms with Gasteiger partial charge in [-0.15, -0.1) is 0 Å². The monoisotopic (exact) mass is 441 g/mol. The van der Waals surface area contributed by atoms with E-state index in [1.54, 1.807) is 44.5 Å². The molecule has 3 rings (SSSR count). The first-order valence-corrected chi connectivity index (χ1v) is 10.9. The Morgan fingerprint density at radius 2 is 1.74 bits per heavy atom. The number of aromatic nitrogens is 1. The van der Waals surface area contributed by atoms with Gasteiger partial charge in [0.25, 0.3) is 11.8 Å². The molecule has 0 saturated heterocycles. The summed E-state index contributed by atoms with van der Waals surface area (Å²) >= 11 is 0. The fourth-order valence-electron chi connectivity index (χ4n) is 3.32. The van der Waals surface area contributed by atoms with Crippen LogP contribution in [0.5, 0.6) is 5.75 Å². The second-order valence-electron chi connectivity index (χ2n) is 7.02. The van der Waals surface area contributed by atoms with Crippen LogP contribution < -0.4 is 10.5 Å². The minimum absolute atomic E-state index is 0.00309. The molecule has 0 spiro atoms. The highest BCUT2D eigenvalue weighted by Gasteiger charge is 2.32. The molecule has 0 bridgehead atoms. The fourth-order valence-corrected chi connectivity index (χ4v) is 5.00. The van der Waals surface area contributed by atoms with Crippen LogP contribution in [0.15, 0.2) is 64.4 Å². The summed E-state index contributed by atoms with van der Waals surface area (Å²) in [6.45, 7) is 1.73. The van der Waals surface area contributed by atoms with Crippen LogP contribution in [0.3, 0.4) is 0 Å². The minimum Gasteiger partial charge on any atom is -0.497 e. The predicted octanol–water partition coefficient (Wildman–Crippen LogP) is 2.54. The number of nitrogens with one attached hydrogen (secondary N) is 1. The molecule has 8 nitrogen and oxygen atoms in total. The van der Waals surface area contributed by atoms with Crippen molar-refractivity contribution < 1.29 is 22.7 Å². The Morgan fingerprint density at radius 1 is 1.06 bits per heavy atom. The Balaban J connectivity index is 2.01. The number of amides is 2. The van der Waals surface area contributed by atoms with Crippen molar-refractivity contribution in [2.24, 2.45) is 5.73 Å². The van der Waals surface area contributed by atoms with Gasteiger partial charge in [0.05, 0.1) is 12.0 Å². The quantitative estimate of drug-likeness (QED) is 0.583. The highest BCUT2D eigenvalue weighted by Crippen LogP contribution is 2.30. The maximum atomic E-state index is 13.2. The third-order valence-electron chi connectivity index (χ3n) is 4.88. The molecule has 0 aliphatic heterocycles. The molecule has 0 unspecified atom stereocenters. The van der Waals surface area contributed by atoms with Crippen molar-refractivity contribution >= 4 is 21.7 Å². The zero-order chi connectivity index (χ0) is 22.8. The molecule has 0 radical (unpaired) electrons. The summed E-state index contributed by atoms with van der Waals surface area (Å²) in [5, 5.41) is 0. The average molecular weight is 442 g/mol. The molecular formula is C22H23N3O5S. The van der Waals surface area contributed by atoms with Crippen LogP contribution in [-0.2, 0) is 16.4 Å². The molecule has 3 N–H and O–H groups in total. The van der Waals surface area contributed by atoms with Gasteiger partial charge in [-0.3, -0.25) is 9.59 Å². The number of methoxy groups -OCH3 is 1. The zero-order valence-corrected chi connectivity index (χ0v) is 18.2. The van der Waals surface area contributed by atoms with E-state index in [0.717, 1.165) is 5.56 Å². The Morgan fingerprint density at radius 3 is 2.35 bits per heavy atom. The molecule has 31 heavy (non-hydrogen) atoms. The van der Waals surface area contributed by atoms with E-state index in [1.165, 1.54) is 24.0 Å². The van der Waals surface area contributed by atoms with Crippen molar-refractivity contribution in [2.75, 3.05) is 14.2 Å². The summed E-state index contributed by atoms with van der Waals surface area (Å²) in [7, 11) is -0.938. The van der Waals surface area contributed by atoms with Gasteiger partial charge in [-0.05, 0) is 42.3 Å². The van der Waals surface area contributed by atoms with E-state index >= 15 is 0 Å². The molecule has 2 amide bonds. The van der Waals surface area contributed by atoms with Crippen LogP contribution in [-0.4, -0.2) is 44.3 Å². The Kier molecular flexibility index (Phi) is 6.16. The van der Waals surface area contributed by atoms with Gasteiger partial charge < -0.3 is 20.4 Å². The number of H-pyrrole nitrogens is 1. The van der Waals surface area contributed by atoms with Crippen LogP contribution in [0.4, 0.5) is 0 Å². The number of primary amides is 1. The summed E-state index contributed by atoms with van der Waals surface area (Å²) in [6, 6.07) is 14.9. The van der Waals surface area contributed by atoms with Crippen molar-refractivity contribution in [1.29, 1.82) is 0 Å². The van der Waals surface area contributed by atoms with Crippen LogP contribution in [0.1, 0.15) is 32.1 Å². The third kappa shape index (κ3) is 4.31. The topological polar surface area (TPSA) is 123 Å². The molecule has 0 fully saturated rings. The number of nitrogens with two attached hydrogens (primary N) is 1. The van der Waals surface area contributed by atoms with Crippen molar-refractivity contribution in [3.05, 3.63) is 77.1 Å². The van der Waals surface area contributed by atoms with Gasteiger partial charge in [-0.2, -0.15) is 0 Å². The molecule has 162 valence electrons. The Bertz CT molecular complexity index is 1230. The Labute approximate surface area is 180 Å². The van der Waals surface area contributed by atoms with Gasteiger partial charge in [0.1, 0.15) is 22.0 Å². The normalized spacial score (nSPS) is 11.2. The highest BCUT2D eigenvalue weighted by molar-refractivity contribution is 7.91. The number of sulfone groups is 1. The van der Waals surface area contributed by atoms with E-state index in [0.29, 0.717) is 5.75 Å². The number of carbonyl (C=O) groups is 2. The van der Waals surface area contributed by atoms with Gasteiger partial charge in [0.15, 0.2) is 0 Å². The lowest BCUT2D eigenvalue weighted by atomic mass is 10.2. The molecular weight excluding hydrogens is 418 g/mol. The molecule has 9 heteroatoms. The van der Waals surface area contributed by atoms with Gasteiger partial charge >= 0.3 is 0 Å². The standard InChI is InChI=1S/C22H23N3O5S/c1-14-18(22(27)25(2)13-15-8-7-9-16(12-15)30-3)24-19(21(23)26)20(14)31(28,29)17-10-5-4-6-11-17/h4-12,24H,13H2,1-3H3,(H2,23,26). The summed E-state index contributed by atoms with van der Waals surface area (Å²) in [6.07, 6.45) is 0. The maximum Gasteiger partial charge on any atom is 0.270 e. The van der Waals surface area contributed by atoms with Crippen molar-refractivity contribution in [3.8, 4) is 5.75 Å². The molecule has 2 aromatic carbocycles. The van der Waals surface area contributed by atoms with Crippen LogP contribution in [0.25, 0.3) is 0 Å². The molecule has 0 aliphatic carbocycles. The second kappa shape index (κ2) is 8.65. The summed E-state index contributed by atoms with van der Waals surface area (Å²) in [5.74, 6) is -0.786. The number of ether oxygens (including phenoxy) is 1. The van der Waals surface area contributed by atoms with Crippen LogP contribution in [0.2, 0.25) is 0 Å². The van der Waals surface area contributed by atoms with Crippen molar-refractivity contribution in [2.45, 2.75) is 23.3 Å². The van der Waals surface area contributed by atoms with Gasteiger partial charge in [0, 0.05) is 13.6 Å². The van der Waals surface area contributed by atoms with Crippen LogP contribution in [0, 0.1) is 6.92 Å². The summed E-state index contributed by atoms with van der Waals surface area (Å²) in [4.78, 5) is 28.9. The Hall–Kier alpha value is -3.59. The fraction of sp³-hybridized carbons (Fsp3) is 0.182. The average Bonchev–Trinajstić information content (AvgIpc) is 3.12. The number of benzene rings is 2. The van der Waals surface area contributed by atoms with Crippen molar-refractivity contribution in [1.82, 2.24) is 9.88 Å². The van der Waals surface area contributed by atoms with E-state index in [4.69, 9.17) is 10.5 Å². The molecule has 3 aromatic rings. The van der Waals surface area contributed by atoms with E-state index in [2.05, 4.69) is 4.98 Å². The summed E-state index contributed by atoms with van der Waals surface area (Å²) in [5.41, 5.74) is 6.07. The molecule has 1 aromatic heterocycles. The largest absolute Gasteiger partial charge is 0.497 e. The first-order valence-electron chi connectivity index (χ1n) is 9.37. The SMILES string of the molecule is COc1cccc(CN(C)C(=O)c2[nH]c(C(N)=O)c(S(=O)(=O)c3ccccc3)c2C)c1. The van der Waals surface area contributed by atoms with Gasteiger partial charge in [-0.25, -0.2) is 8.42 Å². The maximum absolute atomic E-state index is 13.2. The van der Waals surface area contributed by atoms with E-state index in [-0.39, 0.29) is 33.3 Å². The number of carbonyl (C=O) groups excluding carboxylic acids is 2. The number of hydrogen-bond donors (Lipinski definition) is 2. The molecule has 0 aliphatic rings. The van der Waals surface area contributed by atoms with Crippen molar-refractivity contribution in [3.63, 3.8) is 0 Å². The first-order chi connectivity index (χ1) is 14.7. The van der Waals surface area contributed by atoms with Gasteiger partial charge in [-0.1, -0.05) is 30.3 Å². The lowest BCUT2D eigenvalue weighted by Crippen LogP contribution is -2.27. The third-order valence-corrected chi connectivity index (χ3v) is 6.82. The molecule has 0 atom stereocenters. The van der Waals surface area contributed by atoms with E-state index < -0.39 is 21.7 Å². The number of nitrogens with zero attached hydrogens (tertiary/aromatic N) is 1. The molecule has 1 heterocycles. The number of hydrogen-bond acceptors (Lipinski definition) is 5. The second-order valence-corrected chi connectivity index (χ2v) is 8.91. The number of rotatable bonds is 7. The van der Waals surface area contributed by atoms with Gasteiger partial charge in [0.2, 0.25) is 9.84 Å². The predicted molar refractivity (Wildman–Crippen MR) is 115 cm³/mol. The minimum atomic E-state index is -4.07. The van der Waals surface area contributed by atoms with E-state index in [9.17, 15) is 18.0 Å². The lowest BCUT2D eigenvalue weighted by molar-refractivity contribution is 0.0779. The smallest absolute Gasteiger partial charge is 0.270 e. The number of aromatic amines is 1. The van der Waals surface area contributed by atoms with Crippen LogP contribution >= 0.6 is 0 Å². The van der Waals surface area contributed by atoms with E-state index in [1.807, 2.05) is 12.1 Å².